The third kappa shape index (κ3) is 3.30. The van der Waals surface area contributed by atoms with Gasteiger partial charge in [0.1, 0.15) is 0 Å². The summed E-state index contributed by atoms with van der Waals surface area (Å²) in [5, 5.41) is 9.16. The molecule has 110 valence electrons. The molecule has 0 aliphatic carbocycles. The molecule has 0 radical (unpaired) electrons. The van der Waals surface area contributed by atoms with Crippen LogP contribution in [0.15, 0.2) is 24.3 Å². The standard InChI is InChI=1S/C14H16F3NO2/c15-14(16,17)11-5-3-10(4-6-11)8-13(20)18-7-1-2-12(18)9-19/h3-6,12,19H,1-2,7-9H2/t12-/m0/s1. The first kappa shape index (κ1) is 14.8. The first-order valence-corrected chi connectivity index (χ1v) is 6.48. The number of amides is 1. The van der Waals surface area contributed by atoms with Gasteiger partial charge in [-0.15, -0.1) is 0 Å². The van der Waals surface area contributed by atoms with Gasteiger partial charge in [-0.05, 0) is 30.5 Å². The van der Waals surface area contributed by atoms with Crippen LogP contribution in [0.1, 0.15) is 24.0 Å². The van der Waals surface area contributed by atoms with Gasteiger partial charge in [-0.2, -0.15) is 13.2 Å². The predicted molar refractivity (Wildman–Crippen MR) is 67.0 cm³/mol. The third-order valence-electron chi connectivity index (χ3n) is 3.54. The SMILES string of the molecule is O=C(Cc1ccc(C(F)(F)F)cc1)N1CCC[C@H]1CO. The Morgan fingerprint density at radius 3 is 2.50 bits per heavy atom. The number of carbonyl (C=O) groups is 1. The van der Waals surface area contributed by atoms with Crippen LogP contribution in [-0.4, -0.2) is 35.1 Å². The van der Waals surface area contributed by atoms with E-state index in [0.29, 0.717) is 12.1 Å². The smallest absolute Gasteiger partial charge is 0.394 e. The summed E-state index contributed by atoms with van der Waals surface area (Å²) in [6.45, 7) is 0.531. The molecule has 0 saturated carbocycles. The molecule has 1 amide bonds. The van der Waals surface area contributed by atoms with Gasteiger partial charge in [0.15, 0.2) is 0 Å². The number of benzene rings is 1. The van der Waals surface area contributed by atoms with Gasteiger partial charge in [0.25, 0.3) is 0 Å². The number of halogens is 3. The van der Waals surface area contributed by atoms with E-state index in [1.165, 1.54) is 12.1 Å². The predicted octanol–water partition coefficient (Wildman–Crippen LogP) is 2.23. The maximum Gasteiger partial charge on any atom is 0.416 e. The highest BCUT2D eigenvalue weighted by Gasteiger charge is 2.30. The van der Waals surface area contributed by atoms with Crippen LogP contribution < -0.4 is 0 Å². The van der Waals surface area contributed by atoms with Gasteiger partial charge in [-0.1, -0.05) is 12.1 Å². The van der Waals surface area contributed by atoms with Crippen molar-refractivity contribution in [2.75, 3.05) is 13.2 Å². The Labute approximate surface area is 115 Å². The van der Waals surface area contributed by atoms with E-state index in [2.05, 4.69) is 0 Å². The number of nitrogens with zero attached hydrogens (tertiary/aromatic N) is 1. The van der Waals surface area contributed by atoms with E-state index in [1.54, 1.807) is 4.90 Å². The lowest BCUT2D eigenvalue weighted by atomic mass is 10.1. The Hall–Kier alpha value is -1.56. The van der Waals surface area contributed by atoms with Crippen LogP contribution in [-0.2, 0) is 17.4 Å². The lowest BCUT2D eigenvalue weighted by Gasteiger charge is -2.23. The average Bonchev–Trinajstić information content (AvgIpc) is 2.86. The Morgan fingerprint density at radius 1 is 1.30 bits per heavy atom. The summed E-state index contributed by atoms with van der Waals surface area (Å²) < 4.78 is 37.3. The maximum atomic E-state index is 12.4. The summed E-state index contributed by atoms with van der Waals surface area (Å²) in [6.07, 6.45) is -2.67. The number of carbonyl (C=O) groups excluding carboxylic acids is 1. The molecule has 0 bridgehead atoms. The molecule has 6 heteroatoms. The molecule has 1 saturated heterocycles. The van der Waals surface area contributed by atoms with Crippen LogP contribution in [0.5, 0.6) is 0 Å². The molecule has 0 aromatic heterocycles. The highest BCUT2D eigenvalue weighted by Crippen LogP contribution is 2.29. The fraction of sp³-hybridized carbons (Fsp3) is 0.500. The lowest BCUT2D eigenvalue weighted by molar-refractivity contribution is -0.137. The van der Waals surface area contributed by atoms with Crippen molar-refractivity contribution in [1.29, 1.82) is 0 Å². The van der Waals surface area contributed by atoms with E-state index in [-0.39, 0.29) is 25.0 Å². The summed E-state index contributed by atoms with van der Waals surface area (Å²) in [5.74, 6) is -0.152. The number of hydrogen-bond acceptors (Lipinski definition) is 2. The zero-order valence-corrected chi connectivity index (χ0v) is 10.9. The van der Waals surface area contributed by atoms with Crippen molar-refractivity contribution in [3.05, 3.63) is 35.4 Å². The van der Waals surface area contributed by atoms with Gasteiger partial charge in [0.05, 0.1) is 24.6 Å². The van der Waals surface area contributed by atoms with Crippen molar-refractivity contribution < 1.29 is 23.1 Å². The van der Waals surface area contributed by atoms with Gasteiger partial charge in [-0.3, -0.25) is 4.79 Å². The second-order valence-corrected chi connectivity index (χ2v) is 4.94. The van der Waals surface area contributed by atoms with Crippen molar-refractivity contribution >= 4 is 5.91 Å². The van der Waals surface area contributed by atoms with Gasteiger partial charge in [0.2, 0.25) is 5.91 Å². The molecule has 0 spiro atoms. The molecular weight excluding hydrogens is 271 g/mol. The van der Waals surface area contributed by atoms with Gasteiger partial charge < -0.3 is 10.0 Å². The largest absolute Gasteiger partial charge is 0.416 e. The number of aliphatic hydroxyl groups is 1. The molecule has 20 heavy (non-hydrogen) atoms. The van der Waals surface area contributed by atoms with Crippen molar-refractivity contribution in [1.82, 2.24) is 4.90 Å². The van der Waals surface area contributed by atoms with Crippen molar-refractivity contribution in [2.45, 2.75) is 31.5 Å². The summed E-state index contributed by atoms with van der Waals surface area (Å²) in [5.41, 5.74) is -0.172. The summed E-state index contributed by atoms with van der Waals surface area (Å²) in [4.78, 5) is 13.7. The monoisotopic (exact) mass is 287 g/mol. The Bertz CT molecular complexity index is 470. The van der Waals surface area contributed by atoms with Crippen LogP contribution >= 0.6 is 0 Å². The lowest BCUT2D eigenvalue weighted by Crippen LogP contribution is -2.38. The molecule has 0 unspecified atom stereocenters. The Balaban J connectivity index is 2.01. The van der Waals surface area contributed by atoms with Crippen molar-refractivity contribution in [3.63, 3.8) is 0 Å². The molecule has 1 aromatic rings. The minimum absolute atomic E-state index is 0.0641. The minimum Gasteiger partial charge on any atom is -0.394 e. The highest BCUT2D eigenvalue weighted by atomic mass is 19.4. The van der Waals surface area contributed by atoms with E-state index in [4.69, 9.17) is 5.11 Å². The Morgan fingerprint density at radius 2 is 1.95 bits per heavy atom. The van der Waals surface area contributed by atoms with Gasteiger partial charge in [-0.25, -0.2) is 0 Å². The van der Waals surface area contributed by atoms with Gasteiger partial charge >= 0.3 is 6.18 Å². The Kier molecular flexibility index (Phi) is 4.32. The minimum atomic E-state index is -4.36. The van der Waals surface area contributed by atoms with Crippen LogP contribution in [0.3, 0.4) is 0 Å². The van der Waals surface area contributed by atoms with Gasteiger partial charge in [0, 0.05) is 6.54 Å². The molecule has 3 nitrogen and oxygen atoms in total. The van der Waals surface area contributed by atoms with Crippen LogP contribution in [0.4, 0.5) is 13.2 Å². The van der Waals surface area contributed by atoms with E-state index in [0.717, 1.165) is 25.0 Å². The fourth-order valence-corrected chi connectivity index (χ4v) is 2.44. The van der Waals surface area contributed by atoms with Crippen molar-refractivity contribution in [3.8, 4) is 0 Å². The molecule has 1 aliphatic rings. The van der Waals surface area contributed by atoms with Crippen LogP contribution in [0.2, 0.25) is 0 Å². The molecule has 1 aliphatic heterocycles. The number of alkyl halides is 3. The van der Waals surface area contributed by atoms with Crippen LogP contribution in [0.25, 0.3) is 0 Å². The summed E-state index contributed by atoms with van der Waals surface area (Å²) in [6, 6.07) is 4.46. The number of hydrogen-bond donors (Lipinski definition) is 1. The number of likely N-dealkylation sites (tertiary alicyclic amines) is 1. The van der Waals surface area contributed by atoms with E-state index < -0.39 is 11.7 Å². The zero-order chi connectivity index (χ0) is 14.8. The zero-order valence-electron chi connectivity index (χ0n) is 10.9. The average molecular weight is 287 g/mol. The third-order valence-corrected chi connectivity index (χ3v) is 3.54. The van der Waals surface area contributed by atoms with E-state index in [9.17, 15) is 18.0 Å². The molecule has 1 N–H and O–H groups in total. The first-order valence-electron chi connectivity index (χ1n) is 6.48. The second-order valence-electron chi connectivity index (χ2n) is 4.94. The topological polar surface area (TPSA) is 40.5 Å². The fourth-order valence-electron chi connectivity index (χ4n) is 2.44. The van der Waals surface area contributed by atoms with E-state index in [1.807, 2.05) is 0 Å². The maximum absolute atomic E-state index is 12.4. The quantitative estimate of drug-likeness (QED) is 0.926. The first-order chi connectivity index (χ1) is 9.41. The molecule has 1 aromatic carbocycles. The second kappa shape index (κ2) is 5.83. The molecular formula is C14H16F3NO2. The number of rotatable bonds is 3. The molecule has 1 fully saturated rings. The highest BCUT2D eigenvalue weighted by molar-refractivity contribution is 5.79. The van der Waals surface area contributed by atoms with E-state index >= 15 is 0 Å². The van der Waals surface area contributed by atoms with Crippen LogP contribution in [0, 0.1) is 0 Å². The summed E-state index contributed by atoms with van der Waals surface area (Å²) in [7, 11) is 0. The molecule has 1 atom stereocenters. The molecule has 2 rings (SSSR count). The molecule has 1 heterocycles. The summed E-state index contributed by atoms with van der Waals surface area (Å²) >= 11 is 0. The normalized spacial score (nSPS) is 19.4. The number of aliphatic hydroxyl groups excluding tert-OH is 1. The van der Waals surface area contributed by atoms with Crippen molar-refractivity contribution in [2.24, 2.45) is 0 Å².